The lowest BCUT2D eigenvalue weighted by atomic mass is 10.2. The van der Waals surface area contributed by atoms with E-state index in [9.17, 15) is 13.2 Å². The minimum atomic E-state index is -3.57. The first kappa shape index (κ1) is 20.9. The van der Waals surface area contributed by atoms with Crippen LogP contribution in [-0.2, 0) is 14.8 Å². The van der Waals surface area contributed by atoms with Crippen LogP contribution in [0.15, 0.2) is 47.4 Å². The second kappa shape index (κ2) is 8.71. The van der Waals surface area contributed by atoms with Crippen LogP contribution in [0, 0.1) is 0 Å². The van der Waals surface area contributed by atoms with E-state index in [1.54, 1.807) is 45.0 Å². The van der Waals surface area contributed by atoms with E-state index >= 15 is 0 Å². The summed E-state index contributed by atoms with van der Waals surface area (Å²) in [4.78, 5) is 12.6. The molecule has 0 saturated carbocycles. The number of sulfonamides is 1. The molecule has 3 N–H and O–H groups in total. The normalized spacial score (nSPS) is 14.3. The van der Waals surface area contributed by atoms with Crippen molar-refractivity contribution in [2.75, 3.05) is 23.8 Å². The van der Waals surface area contributed by atoms with Gasteiger partial charge < -0.3 is 20.1 Å². The van der Waals surface area contributed by atoms with Crippen LogP contribution < -0.4 is 24.8 Å². The topological polar surface area (TPSA) is 106 Å². The molecule has 8 nitrogen and oxygen atoms in total. The molecule has 0 radical (unpaired) electrons. The average molecular weight is 420 g/mol. The van der Waals surface area contributed by atoms with E-state index in [0.717, 1.165) is 5.69 Å². The summed E-state index contributed by atoms with van der Waals surface area (Å²) < 4.78 is 37.9. The molecule has 2 aromatic carbocycles. The van der Waals surface area contributed by atoms with Gasteiger partial charge in [-0.3, -0.25) is 4.79 Å². The van der Waals surface area contributed by atoms with Crippen LogP contribution in [0.3, 0.4) is 0 Å². The Bertz CT molecular complexity index is 974. The lowest BCUT2D eigenvalue weighted by Gasteiger charge is -2.20. The highest BCUT2D eigenvalue weighted by Crippen LogP contribution is 2.32. The van der Waals surface area contributed by atoms with Gasteiger partial charge in [-0.2, -0.15) is 0 Å². The molecule has 0 aromatic heterocycles. The molecular formula is C20H25N3O5S. The number of fused-ring (bicyclic) bond motifs is 1. The molecule has 0 spiro atoms. The summed E-state index contributed by atoms with van der Waals surface area (Å²) in [7, 11) is -3.57. The number of ether oxygens (including phenoxy) is 2. The Morgan fingerprint density at radius 3 is 2.21 bits per heavy atom. The molecule has 1 amide bonds. The van der Waals surface area contributed by atoms with Crippen molar-refractivity contribution < 1.29 is 22.7 Å². The molecule has 1 heterocycles. The van der Waals surface area contributed by atoms with E-state index < -0.39 is 16.1 Å². The van der Waals surface area contributed by atoms with Gasteiger partial charge in [-0.15, -0.1) is 0 Å². The number of benzene rings is 2. The van der Waals surface area contributed by atoms with Crippen LogP contribution in [0.2, 0.25) is 0 Å². The number of nitrogens with one attached hydrogen (secondary N) is 3. The molecule has 3 rings (SSSR count). The highest BCUT2D eigenvalue weighted by atomic mass is 32.2. The van der Waals surface area contributed by atoms with Crippen molar-refractivity contribution in [3.63, 3.8) is 0 Å². The highest BCUT2D eigenvalue weighted by Gasteiger charge is 2.18. The van der Waals surface area contributed by atoms with E-state index in [4.69, 9.17) is 9.47 Å². The Morgan fingerprint density at radius 2 is 1.55 bits per heavy atom. The van der Waals surface area contributed by atoms with E-state index in [1.165, 1.54) is 12.1 Å². The zero-order valence-electron chi connectivity index (χ0n) is 16.6. The van der Waals surface area contributed by atoms with E-state index in [2.05, 4.69) is 15.4 Å². The molecular weight excluding hydrogens is 394 g/mol. The predicted octanol–water partition coefficient (Wildman–Crippen LogP) is 2.58. The molecule has 1 aliphatic rings. The fourth-order valence-electron chi connectivity index (χ4n) is 2.79. The molecule has 0 bridgehead atoms. The van der Waals surface area contributed by atoms with Gasteiger partial charge in [-0.05, 0) is 57.2 Å². The zero-order valence-corrected chi connectivity index (χ0v) is 17.4. The molecule has 0 aliphatic carbocycles. The van der Waals surface area contributed by atoms with Crippen molar-refractivity contribution in [1.82, 2.24) is 4.72 Å². The number of amides is 1. The molecule has 0 fully saturated rings. The third-order valence-electron chi connectivity index (χ3n) is 4.14. The summed E-state index contributed by atoms with van der Waals surface area (Å²) >= 11 is 0. The summed E-state index contributed by atoms with van der Waals surface area (Å²) in [6.45, 7) is 6.25. The highest BCUT2D eigenvalue weighted by molar-refractivity contribution is 7.89. The molecule has 2 aromatic rings. The zero-order chi connectivity index (χ0) is 21.0. The predicted molar refractivity (Wildman–Crippen MR) is 111 cm³/mol. The summed E-state index contributed by atoms with van der Waals surface area (Å²) in [5.74, 6) is 1.07. The van der Waals surface area contributed by atoms with E-state index in [-0.39, 0.29) is 16.8 Å². The summed E-state index contributed by atoms with van der Waals surface area (Å²) in [6, 6.07) is 10.7. The SMILES string of the molecule is CC(C)NS(=O)(=O)c1ccc(NC(=O)[C@H](C)Nc2ccc3c(c2)OCCO3)cc1. The number of carbonyl (C=O) groups excluding carboxylic acids is 1. The number of rotatable bonds is 7. The van der Waals surface area contributed by atoms with Gasteiger partial charge in [0.2, 0.25) is 15.9 Å². The first-order valence-corrected chi connectivity index (χ1v) is 10.8. The molecule has 9 heteroatoms. The van der Waals surface area contributed by atoms with Gasteiger partial charge in [0, 0.05) is 23.5 Å². The fourth-order valence-corrected chi connectivity index (χ4v) is 4.05. The maximum absolute atomic E-state index is 12.5. The quantitative estimate of drug-likeness (QED) is 0.637. The Labute approximate surface area is 170 Å². The minimum absolute atomic E-state index is 0.145. The Morgan fingerprint density at radius 1 is 0.931 bits per heavy atom. The van der Waals surface area contributed by atoms with E-state index in [1.807, 2.05) is 6.07 Å². The lowest BCUT2D eigenvalue weighted by molar-refractivity contribution is -0.116. The summed E-state index contributed by atoms with van der Waals surface area (Å²) in [6.07, 6.45) is 0. The van der Waals surface area contributed by atoms with Crippen LogP contribution in [0.4, 0.5) is 11.4 Å². The second-order valence-corrected chi connectivity index (χ2v) is 8.73. The van der Waals surface area contributed by atoms with Gasteiger partial charge in [0.1, 0.15) is 19.3 Å². The third kappa shape index (κ3) is 5.39. The smallest absolute Gasteiger partial charge is 0.246 e. The standard InChI is InChI=1S/C20H25N3O5S/c1-13(2)23-29(25,26)17-7-4-15(5-8-17)22-20(24)14(3)21-16-6-9-18-19(12-16)28-11-10-27-18/h4-9,12-14,21,23H,10-11H2,1-3H3,(H,22,24)/t14-/m0/s1. The van der Waals surface area contributed by atoms with Crippen LogP contribution >= 0.6 is 0 Å². The van der Waals surface area contributed by atoms with Crippen molar-refractivity contribution in [2.45, 2.75) is 37.8 Å². The fraction of sp³-hybridized carbons (Fsp3) is 0.350. The molecule has 1 atom stereocenters. The van der Waals surface area contributed by atoms with Gasteiger partial charge in [-0.25, -0.2) is 13.1 Å². The Balaban J connectivity index is 1.61. The molecule has 1 aliphatic heterocycles. The van der Waals surface area contributed by atoms with Crippen LogP contribution in [0.25, 0.3) is 0 Å². The van der Waals surface area contributed by atoms with Crippen molar-refractivity contribution in [3.05, 3.63) is 42.5 Å². The maximum atomic E-state index is 12.5. The first-order valence-electron chi connectivity index (χ1n) is 9.34. The number of hydrogen-bond donors (Lipinski definition) is 3. The van der Waals surface area contributed by atoms with Gasteiger partial charge in [-0.1, -0.05) is 0 Å². The molecule has 29 heavy (non-hydrogen) atoms. The summed E-state index contributed by atoms with van der Waals surface area (Å²) in [5.41, 5.74) is 1.24. The largest absolute Gasteiger partial charge is 0.486 e. The van der Waals surface area contributed by atoms with Crippen molar-refractivity contribution in [3.8, 4) is 11.5 Å². The molecule has 0 saturated heterocycles. The van der Waals surface area contributed by atoms with Gasteiger partial charge in [0.25, 0.3) is 0 Å². The Kier molecular flexibility index (Phi) is 6.29. The minimum Gasteiger partial charge on any atom is -0.486 e. The van der Waals surface area contributed by atoms with Crippen molar-refractivity contribution in [2.24, 2.45) is 0 Å². The van der Waals surface area contributed by atoms with E-state index in [0.29, 0.717) is 30.4 Å². The van der Waals surface area contributed by atoms with Gasteiger partial charge >= 0.3 is 0 Å². The number of anilines is 2. The lowest BCUT2D eigenvalue weighted by Crippen LogP contribution is -2.32. The van der Waals surface area contributed by atoms with Crippen molar-refractivity contribution >= 4 is 27.3 Å². The van der Waals surface area contributed by atoms with Crippen LogP contribution in [-0.4, -0.2) is 39.6 Å². The number of hydrogen-bond acceptors (Lipinski definition) is 6. The molecule has 156 valence electrons. The second-order valence-electron chi connectivity index (χ2n) is 7.01. The maximum Gasteiger partial charge on any atom is 0.246 e. The summed E-state index contributed by atoms with van der Waals surface area (Å²) in [5, 5.41) is 5.89. The van der Waals surface area contributed by atoms with Crippen LogP contribution in [0.5, 0.6) is 11.5 Å². The first-order chi connectivity index (χ1) is 13.7. The number of carbonyl (C=O) groups is 1. The Hall–Kier alpha value is -2.78. The molecule has 0 unspecified atom stereocenters. The monoisotopic (exact) mass is 419 g/mol. The van der Waals surface area contributed by atoms with Crippen molar-refractivity contribution in [1.29, 1.82) is 0 Å². The third-order valence-corrected chi connectivity index (χ3v) is 5.82. The van der Waals surface area contributed by atoms with Gasteiger partial charge in [0.15, 0.2) is 11.5 Å². The van der Waals surface area contributed by atoms with Crippen LogP contribution in [0.1, 0.15) is 20.8 Å². The average Bonchev–Trinajstić information content (AvgIpc) is 2.67. The van der Waals surface area contributed by atoms with Gasteiger partial charge in [0.05, 0.1) is 4.90 Å².